The predicted octanol–water partition coefficient (Wildman–Crippen LogP) is -0.765. The minimum absolute atomic E-state index is 0.0123. The van der Waals surface area contributed by atoms with Crippen LogP contribution in [0.3, 0.4) is 0 Å². The number of unbranched alkanes of at least 4 members (excludes halogenated alkanes) is 2. The third kappa shape index (κ3) is 18.2. The molecule has 1 aliphatic heterocycles. The van der Waals surface area contributed by atoms with E-state index in [9.17, 15) is 43.5 Å². The number of aliphatic imine (C=N–C) groups is 1. The minimum Gasteiger partial charge on any atom is -0.480 e. The molecular weight excluding hydrogens is 967 g/mol. The highest BCUT2D eigenvalue weighted by atomic mass is 16.4. The maximum Gasteiger partial charge on any atom is 0.326 e. The summed E-state index contributed by atoms with van der Waals surface area (Å²) in [6, 6.07) is 8.17. The Bertz CT molecular complexity index is 2550. The first-order valence-electron chi connectivity index (χ1n) is 25.5. The molecule has 0 bridgehead atoms. The number of carboxylic acids is 1. The number of nitrogens with one attached hydrogen (secondary N) is 8. The highest BCUT2D eigenvalue weighted by Gasteiger charge is 2.39. The van der Waals surface area contributed by atoms with Crippen LogP contribution in [0.5, 0.6) is 0 Å². The Kier molecular flexibility index (Phi) is 23.0. The normalized spacial score (nSPS) is 15.6. The molecule has 1 aliphatic rings. The molecule has 2 aromatic carbocycles. The Morgan fingerprint density at radius 1 is 0.760 bits per heavy atom. The van der Waals surface area contributed by atoms with Crippen LogP contribution in [-0.2, 0) is 57.6 Å². The van der Waals surface area contributed by atoms with Crippen molar-refractivity contribution in [2.75, 3.05) is 26.2 Å². The topological polar surface area (TPSA) is 393 Å². The highest BCUT2D eigenvalue weighted by Crippen LogP contribution is 2.22. The van der Waals surface area contributed by atoms with E-state index in [1.165, 1.54) is 17.4 Å². The van der Waals surface area contributed by atoms with Crippen LogP contribution < -0.4 is 54.8 Å². The molecule has 75 heavy (non-hydrogen) atoms. The van der Waals surface area contributed by atoms with Crippen LogP contribution in [0.15, 0.2) is 78.3 Å². The number of guanidine groups is 1. The molecule has 7 atom stereocenters. The molecule has 7 amide bonds. The quantitative estimate of drug-likeness (QED) is 0.0167. The monoisotopic (exact) mass is 1040 g/mol. The fourth-order valence-corrected chi connectivity index (χ4v) is 8.83. The second kappa shape index (κ2) is 29.7. The molecule has 3 heterocycles. The summed E-state index contributed by atoms with van der Waals surface area (Å²) in [5.74, 6) is -6.11. The van der Waals surface area contributed by atoms with Gasteiger partial charge >= 0.3 is 5.97 Å². The molecule has 0 saturated carbocycles. The van der Waals surface area contributed by atoms with Crippen molar-refractivity contribution in [3.8, 4) is 0 Å². The molecule has 0 unspecified atom stereocenters. The van der Waals surface area contributed by atoms with Gasteiger partial charge in [0.15, 0.2) is 5.96 Å². The number of carboxylic acid groups (broad SMARTS) is 1. The number of nitrogens with zero attached hydrogens (tertiary/aromatic N) is 3. The molecule has 17 N–H and O–H groups in total. The first-order valence-corrected chi connectivity index (χ1v) is 25.5. The summed E-state index contributed by atoms with van der Waals surface area (Å²) in [7, 11) is 0. The van der Waals surface area contributed by atoms with Crippen molar-refractivity contribution in [1.29, 1.82) is 0 Å². The van der Waals surface area contributed by atoms with Crippen molar-refractivity contribution in [2.24, 2.45) is 27.9 Å². The SMILES string of the molecule is CCCC[C@H](NC(=O)[C@@H]1CCCN1C(=O)[C@H](CCCCN)NC(=O)CNC(=O)[C@H](Cc1c[nH]c2ccccc12)NC(=O)[C@H](CCCN=C(N)N)NC(=O)[C@@H](Cc1ccccc1)NC(=O)[C@@H](N)Cc1cnc[nH]1)C(=O)O. The molecule has 1 fully saturated rings. The molecular formula is C51H73N15O9. The van der Waals surface area contributed by atoms with Gasteiger partial charge in [-0.15, -0.1) is 0 Å². The van der Waals surface area contributed by atoms with Crippen LogP contribution in [0.1, 0.15) is 88.0 Å². The number of aliphatic carboxylic acids is 1. The maximum absolute atomic E-state index is 14.5. The van der Waals surface area contributed by atoms with Gasteiger partial charge in [0.05, 0.1) is 18.9 Å². The van der Waals surface area contributed by atoms with Crippen LogP contribution in [0, 0.1) is 0 Å². The number of fused-ring (bicyclic) bond motifs is 1. The summed E-state index contributed by atoms with van der Waals surface area (Å²) in [6.45, 7) is 1.91. The van der Waals surface area contributed by atoms with Crippen LogP contribution in [0.2, 0.25) is 0 Å². The number of aromatic nitrogens is 3. The van der Waals surface area contributed by atoms with E-state index in [4.69, 9.17) is 22.9 Å². The van der Waals surface area contributed by atoms with Gasteiger partial charge in [0.2, 0.25) is 41.4 Å². The molecule has 24 nitrogen and oxygen atoms in total. The fourth-order valence-electron chi connectivity index (χ4n) is 8.83. The summed E-state index contributed by atoms with van der Waals surface area (Å²) in [4.78, 5) is 125. The largest absolute Gasteiger partial charge is 0.480 e. The number of aromatic amines is 2. The van der Waals surface area contributed by atoms with E-state index >= 15 is 0 Å². The van der Waals surface area contributed by atoms with Crippen LogP contribution in [-0.4, -0.2) is 147 Å². The smallest absolute Gasteiger partial charge is 0.326 e. The van der Waals surface area contributed by atoms with Crippen molar-refractivity contribution in [2.45, 2.75) is 133 Å². The first kappa shape index (κ1) is 58.0. The van der Waals surface area contributed by atoms with Crippen molar-refractivity contribution in [3.63, 3.8) is 0 Å². The lowest BCUT2D eigenvalue weighted by Crippen LogP contribution is -2.59. The van der Waals surface area contributed by atoms with Gasteiger partial charge in [0, 0.05) is 61.3 Å². The van der Waals surface area contributed by atoms with E-state index in [1.54, 1.807) is 36.5 Å². The summed E-state index contributed by atoms with van der Waals surface area (Å²) < 4.78 is 0. The molecule has 0 aliphatic carbocycles. The van der Waals surface area contributed by atoms with Gasteiger partial charge in [0.1, 0.15) is 36.3 Å². The lowest BCUT2D eigenvalue weighted by atomic mass is 10.0. The number of H-pyrrole nitrogens is 2. The number of hydrogen-bond donors (Lipinski definition) is 13. The minimum atomic E-state index is -1.33. The van der Waals surface area contributed by atoms with Crippen molar-refractivity contribution >= 4 is 64.2 Å². The maximum atomic E-state index is 14.5. The van der Waals surface area contributed by atoms with Gasteiger partial charge in [-0.05, 0) is 75.1 Å². The number of amides is 7. The lowest BCUT2D eigenvalue weighted by molar-refractivity contribution is -0.145. The summed E-state index contributed by atoms with van der Waals surface area (Å²) in [5.41, 5.74) is 25.9. The Labute approximate surface area is 435 Å². The van der Waals surface area contributed by atoms with Gasteiger partial charge in [-0.1, -0.05) is 68.3 Å². The summed E-state index contributed by atoms with van der Waals surface area (Å²) in [6.07, 6.45) is 8.40. The first-order chi connectivity index (χ1) is 36.1. The van der Waals surface area contributed by atoms with Crippen molar-refractivity contribution < 1.29 is 43.5 Å². The lowest BCUT2D eigenvalue weighted by Gasteiger charge is -2.29. The standard InChI is InChI=1S/C51H73N15O9/c1-2-3-16-39(50(74)75)63-48(72)42-20-12-23-66(42)49(73)38(18-9-10-21-52)61-43(67)29-59-45(69)41(25-32-27-58-36-17-8-7-15-34(32)36)65-46(70)37(19-11-22-57-51(54)55)62-47(71)40(24-31-13-5-4-6-14-31)64-44(68)35(53)26-33-28-56-30-60-33/h4-8,13-15,17,27-28,30,35,37-42,58H,2-3,9-12,16,18-26,29,52-53H2,1H3,(H,56,60)(H,59,69)(H,61,67)(H,62,71)(H,63,72)(H,64,68)(H,65,70)(H,74,75)(H4,54,55,57)/t35-,37-,38-,39-,40+,41-,42-/m0/s1. The van der Waals surface area contributed by atoms with Crippen LogP contribution in [0.4, 0.5) is 0 Å². The molecule has 1 saturated heterocycles. The van der Waals surface area contributed by atoms with E-state index in [1.807, 2.05) is 31.2 Å². The Morgan fingerprint density at radius 3 is 2.15 bits per heavy atom. The van der Waals surface area contributed by atoms with Crippen molar-refractivity contribution in [1.82, 2.24) is 51.8 Å². The number of likely N-dealkylation sites (tertiary alicyclic amines) is 1. The van der Waals surface area contributed by atoms with Gasteiger partial charge in [-0.3, -0.25) is 38.6 Å². The summed E-state index contributed by atoms with van der Waals surface area (Å²) in [5, 5.41) is 26.7. The summed E-state index contributed by atoms with van der Waals surface area (Å²) >= 11 is 0. The van der Waals surface area contributed by atoms with Gasteiger partial charge in [0.25, 0.3) is 0 Å². The fraction of sp³-hybridized carbons (Fsp3) is 0.490. The zero-order valence-electron chi connectivity index (χ0n) is 42.4. The number of hydrogen-bond acceptors (Lipinski definition) is 12. The number of rotatable bonds is 31. The molecule has 0 radical (unpaired) electrons. The zero-order valence-corrected chi connectivity index (χ0v) is 42.4. The highest BCUT2D eigenvalue weighted by molar-refractivity contribution is 5.97. The van der Waals surface area contributed by atoms with E-state index in [-0.39, 0.29) is 64.0 Å². The number of benzene rings is 2. The van der Waals surface area contributed by atoms with E-state index in [0.29, 0.717) is 55.5 Å². The van der Waals surface area contributed by atoms with Gasteiger partial charge in [-0.2, -0.15) is 0 Å². The van der Waals surface area contributed by atoms with Crippen molar-refractivity contribution in [3.05, 3.63) is 90.1 Å². The number of imidazole rings is 1. The zero-order chi connectivity index (χ0) is 54.3. The number of nitrogens with two attached hydrogens (primary N) is 4. The predicted molar refractivity (Wildman–Crippen MR) is 280 cm³/mol. The Hall–Kier alpha value is -7.86. The third-order valence-corrected chi connectivity index (χ3v) is 12.9. The van der Waals surface area contributed by atoms with E-state index < -0.39 is 96.2 Å². The van der Waals surface area contributed by atoms with E-state index in [2.05, 4.69) is 51.8 Å². The molecule has 24 heteroatoms. The molecule has 4 aromatic rings. The van der Waals surface area contributed by atoms with Crippen LogP contribution >= 0.6 is 0 Å². The van der Waals surface area contributed by atoms with Crippen LogP contribution in [0.25, 0.3) is 10.9 Å². The Balaban J connectivity index is 1.34. The number of carbonyl (C=O) groups is 8. The van der Waals surface area contributed by atoms with Gasteiger partial charge < -0.3 is 74.8 Å². The molecule has 2 aromatic heterocycles. The average molecular weight is 1040 g/mol. The molecule has 406 valence electrons. The van der Waals surface area contributed by atoms with E-state index in [0.717, 1.165) is 17.3 Å². The number of para-hydroxylation sites is 1. The second-order valence-corrected chi connectivity index (χ2v) is 18.6. The second-order valence-electron chi connectivity index (χ2n) is 18.6. The van der Waals surface area contributed by atoms with Gasteiger partial charge in [-0.25, -0.2) is 9.78 Å². The third-order valence-electron chi connectivity index (χ3n) is 12.9. The molecule has 0 spiro atoms. The number of carbonyl (C=O) groups excluding carboxylic acids is 7. The molecule has 5 rings (SSSR count). The Morgan fingerprint density at radius 2 is 1.44 bits per heavy atom. The average Bonchev–Trinajstić information content (AvgIpc) is 4.20.